The van der Waals surface area contributed by atoms with E-state index in [1.54, 1.807) is 16.8 Å². The number of ether oxygens (including phenoxy) is 2. The van der Waals surface area contributed by atoms with Gasteiger partial charge < -0.3 is 15.2 Å². The summed E-state index contributed by atoms with van der Waals surface area (Å²) in [5.74, 6) is 0.0699. The average Bonchev–Trinajstić information content (AvgIpc) is 2.95. The molecule has 2 aromatic carbocycles. The number of esters is 1. The lowest BCUT2D eigenvalue weighted by Gasteiger charge is -2.12. The van der Waals surface area contributed by atoms with Gasteiger partial charge in [-0.3, -0.25) is 4.68 Å². The summed E-state index contributed by atoms with van der Waals surface area (Å²) in [6.45, 7) is 0.475. The first-order valence-corrected chi connectivity index (χ1v) is 7.09. The number of anilines is 1. The number of para-hydroxylation sites is 1. The fourth-order valence-electron chi connectivity index (χ4n) is 2.56. The molecular formula is C17H17N3O3. The highest BCUT2D eigenvalue weighted by atomic mass is 16.5. The molecule has 2 N–H and O–H groups in total. The van der Waals surface area contributed by atoms with Crippen molar-refractivity contribution in [2.45, 2.75) is 6.54 Å². The van der Waals surface area contributed by atoms with Crippen molar-refractivity contribution in [3.63, 3.8) is 0 Å². The number of aromatic nitrogens is 2. The number of carbonyl (C=O) groups excluding carboxylic acids is 1. The van der Waals surface area contributed by atoms with Gasteiger partial charge in [-0.25, -0.2) is 4.79 Å². The van der Waals surface area contributed by atoms with Gasteiger partial charge in [-0.15, -0.1) is 0 Å². The van der Waals surface area contributed by atoms with Crippen LogP contribution in [0, 0.1) is 0 Å². The molecule has 23 heavy (non-hydrogen) atoms. The molecule has 0 spiro atoms. The molecule has 0 fully saturated rings. The van der Waals surface area contributed by atoms with Gasteiger partial charge in [-0.05, 0) is 24.3 Å². The van der Waals surface area contributed by atoms with Crippen molar-refractivity contribution in [2.75, 3.05) is 20.0 Å². The second kappa shape index (κ2) is 6.00. The van der Waals surface area contributed by atoms with Crippen LogP contribution in [0.3, 0.4) is 0 Å². The van der Waals surface area contributed by atoms with E-state index >= 15 is 0 Å². The summed E-state index contributed by atoms with van der Waals surface area (Å²) in [5.41, 5.74) is 8.52. The standard InChI is InChI=1S/C17H17N3O3/c1-22-16-12(4-3-5-14(16)17(21)23-2)10-20-9-11-6-7-13(18)8-15(11)19-20/h3-9H,10,18H2,1-2H3. The van der Waals surface area contributed by atoms with Gasteiger partial charge in [0.15, 0.2) is 0 Å². The summed E-state index contributed by atoms with van der Waals surface area (Å²) < 4.78 is 12.0. The molecule has 0 aliphatic heterocycles. The van der Waals surface area contributed by atoms with Gasteiger partial charge in [-0.1, -0.05) is 12.1 Å². The third-order valence-corrected chi connectivity index (χ3v) is 3.62. The zero-order chi connectivity index (χ0) is 16.4. The van der Waals surface area contributed by atoms with Crippen LogP contribution in [-0.4, -0.2) is 30.0 Å². The number of nitrogens with two attached hydrogens (primary N) is 1. The molecule has 0 bridgehead atoms. The largest absolute Gasteiger partial charge is 0.495 e. The second-order valence-electron chi connectivity index (χ2n) is 5.13. The first kappa shape index (κ1) is 14.9. The summed E-state index contributed by atoms with van der Waals surface area (Å²) in [4.78, 5) is 11.8. The highest BCUT2D eigenvalue weighted by molar-refractivity contribution is 5.93. The first-order chi connectivity index (χ1) is 11.1. The number of hydrogen-bond acceptors (Lipinski definition) is 5. The van der Waals surface area contributed by atoms with Crippen LogP contribution in [0.1, 0.15) is 15.9 Å². The van der Waals surface area contributed by atoms with E-state index in [1.807, 2.05) is 30.5 Å². The zero-order valence-corrected chi connectivity index (χ0v) is 12.9. The Labute approximate surface area is 133 Å². The van der Waals surface area contributed by atoms with Crippen molar-refractivity contribution < 1.29 is 14.3 Å². The smallest absolute Gasteiger partial charge is 0.341 e. The molecule has 1 aromatic heterocycles. The molecule has 6 heteroatoms. The number of nitrogens with zero attached hydrogens (tertiary/aromatic N) is 2. The Balaban J connectivity index is 1.99. The summed E-state index contributed by atoms with van der Waals surface area (Å²) in [6, 6.07) is 11.0. The maximum absolute atomic E-state index is 11.8. The van der Waals surface area contributed by atoms with E-state index in [9.17, 15) is 4.79 Å². The first-order valence-electron chi connectivity index (χ1n) is 7.09. The van der Waals surface area contributed by atoms with Crippen LogP contribution in [0.25, 0.3) is 10.9 Å². The fraction of sp³-hybridized carbons (Fsp3) is 0.176. The molecule has 0 aliphatic rings. The van der Waals surface area contributed by atoms with Crippen LogP contribution in [0.2, 0.25) is 0 Å². The summed E-state index contributed by atoms with van der Waals surface area (Å²) in [6.07, 6.45) is 1.93. The molecule has 0 atom stereocenters. The molecule has 0 saturated carbocycles. The van der Waals surface area contributed by atoms with Crippen LogP contribution in [0.5, 0.6) is 5.75 Å². The van der Waals surface area contributed by atoms with E-state index in [2.05, 4.69) is 5.10 Å². The minimum atomic E-state index is -0.429. The van der Waals surface area contributed by atoms with Gasteiger partial charge in [0.05, 0.1) is 26.3 Å². The lowest BCUT2D eigenvalue weighted by Crippen LogP contribution is -2.08. The highest BCUT2D eigenvalue weighted by Crippen LogP contribution is 2.26. The van der Waals surface area contributed by atoms with Crippen molar-refractivity contribution in [1.82, 2.24) is 9.78 Å². The van der Waals surface area contributed by atoms with E-state index < -0.39 is 5.97 Å². The van der Waals surface area contributed by atoms with Crippen molar-refractivity contribution in [2.24, 2.45) is 0 Å². The van der Waals surface area contributed by atoms with Gasteiger partial charge >= 0.3 is 5.97 Å². The number of fused-ring (bicyclic) bond motifs is 1. The van der Waals surface area contributed by atoms with Gasteiger partial charge in [0.25, 0.3) is 0 Å². The minimum Gasteiger partial charge on any atom is -0.495 e. The Morgan fingerprint density at radius 2 is 2.09 bits per heavy atom. The molecular weight excluding hydrogens is 294 g/mol. The number of rotatable bonds is 4. The predicted octanol–water partition coefficient (Wildman–Crippen LogP) is 2.46. The van der Waals surface area contributed by atoms with Crippen LogP contribution >= 0.6 is 0 Å². The molecule has 0 aliphatic carbocycles. The number of carbonyl (C=O) groups is 1. The van der Waals surface area contributed by atoms with E-state index in [0.29, 0.717) is 23.5 Å². The van der Waals surface area contributed by atoms with Crippen molar-refractivity contribution >= 4 is 22.6 Å². The molecule has 6 nitrogen and oxygen atoms in total. The molecule has 0 saturated heterocycles. The molecule has 1 heterocycles. The van der Waals surface area contributed by atoms with E-state index in [-0.39, 0.29) is 0 Å². The monoisotopic (exact) mass is 311 g/mol. The molecule has 3 aromatic rings. The molecule has 0 radical (unpaired) electrons. The van der Waals surface area contributed by atoms with Crippen LogP contribution in [-0.2, 0) is 11.3 Å². The van der Waals surface area contributed by atoms with Gasteiger partial charge in [0.2, 0.25) is 0 Å². The quantitative estimate of drug-likeness (QED) is 0.591. The third kappa shape index (κ3) is 2.83. The fourth-order valence-corrected chi connectivity index (χ4v) is 2.56. The Hall–Kier alpha value is -3.02. The van der Waals surface area contributed by atoms with Crippen molar-refractivity contribution in [3.8, 4) is 5.75 Å². The Morgan fingerprint density at radius 3 is 2.83 bits per heavy atom. The highest BCUT2D eigenvalue weighted by Gasteiger charge is 2.16. The summed E-state index contributed by atoms with van der Waals surface area (Å²) >= 11 is 0. The normalized spacial score (nSPS) is 10.7. The minimum absolute atomic E-state index is 0.397. The second-order valence-corrected chi connectivity index (χ2v) is 5.13. The Morgan fingerprint density at radius 1 is 1.26 bits per heavy atom. The summed E-state index contributed by atoms with van der Waals surface area (Å²) in [5, 5.41) is 5.51. The molecule has 0 unspecified atom stereocenters. The van der Waals surface area contributed by atoms with Gasteiger partial charge in [-0.2, -0.15) is 5.10 Å². The zero-order valence-electron chi connectivity index (χ0n) is 12.9. The Bertz CT molecular complexity index is 871. The average molecular weight is 311 g/mol. The topological polar surface area (TPSA) is 79.4 Å². The predicted molar refractivity (Wildman–Crippen MR) is 87.6 cm³/mol. The summed E-state index contributed by atoms with van der Waals surface area (Å²) in [7, 11) is 2.88. The van der Waals surface area contributed by atoms with Crippen molar-refractivity contribution in [3.05, 3.63) is 53.7 Å². The van der Waals surface area contributed by atoms with Crippen LogP contribution in [0.15, 0.2) is 42.6 Å². The van der Waals surface area contributed by atoms with E-state index in [1.165, 1.54) is 14.2 Å². The third-order valence-electron chi connectivity index (χ3n) is 3.62. The van der Waals surface area contributed by atoms with Gasteiger partial charge in [0, 0.05) is 22.8 Å². The van der Waals surface area contributed by atoms with Crippen molar-refractivity contribution in [1.29, 1.82) is 0 Å². The maximum Gasteiger partial charge on any atom is 0.341 e. The maximum atomic E-state index is 11.8. The number of benzene rings is 2. The lowest BCUT2D eigenvalue weighted by atomic mass is 10.1. The lowest BCUT2D eigenvalue weighted by molar-refractivity contribution is 0.0597. The number of methoxy groups -OCH3 is 2. The molecule has 0 amide bonds. The van der Waals surface area contributed by atoms with Crippen LogP contribution < -0.4 is 10.5 Å². The number of hydrogen-bond donors (Lipinski definition) is 1. The SMILES string of the molecule is COC(=O)c1cccc(Cn2cc3ccc(N)cc3n2)c1OC. The molecule has 118 valence electrons. The van der Waals surface area contributed by atoms with Crippen LogP contribution in [0.4, 0.5) is 5.69 Å². The molecule has 3 rings (SSSR count). The van der Waals surface area contributed by atoms with E-state index in [4.69, 9.17) is 15.2 Å². The number of nitrogen functional groups attached to an aromatic ring is 1. The van der Waals surface area contributed by atoms with E-state index in [0.717, 1.165) is 16.5 Å². The van der Waals surface area contributed by atoms with Gasteiger partial charge in [0.1, 0.15) is 11.3 Å². The Kier molecular flexibility index (Phi) is 3.89.